The summed E-state index contributed by atoms with van der Waals surface area (Å²) in [6.45, 7) is 7.90. The van der Waals surface area contributed by atoms with Gasteiger partial charge in [-0.05, 0) is 17.7 Å². The van der Waals surface area contributed by atoms with Gasteiger partial charge in [-0.2, -0.15) is 0 Å². The van der Waals surface area contributed by atoms with Crippen molar-refractivity contribution in [3.8, 4) is 0 Å². The first-order valence-corrected chi connectivity index (χ1v) is 8.13. The van der Waals surface area contributed by atoms with Gasteiger partial charge in [-0.15, -0.1) is 0 Å². The van der Waals surface area contributed by atoms with E-state index in [1.807, 2.05) is 0 Å². The molecule has 0 aliphatic carbocycles. The number of benzene rings is 1. The summed E-state index contributed by atoms with van der Waals surface area (Å²) in [6.07, 6.45) is 0.338. The molecule has 118 valence electrons. The Bertz CT molecular complexity index is 582. The van der Waals surface area contributed by atoms with Crippen LogP contribution in [0.1, 0.15) is 25.6 Å². The van der Waals surface area contributed by atoms with E-state index < -0.39 is 0 Å². The van der Waals surface area contributed by atoms with Crippen LogP contribution in [0.5, 0.6) is 0 Å². The minimum Gasteiger partial charge on any atom is -0.378 e. The lowest BCUT2D eigenvalue weighted by atomic mass is 9.62. The molecular weight excluding hydrogens is 274 g/mol. The van der Waals surface area contributed by atoms with E-state index in [4.69, 9.17) is 0 Å². The average molecular weight is 299 g/mol. The molecule has 0 saturated carbocycles. The molecule has 0 radical (unpaired) electrons. The SMILES string of the molecule is CN(C)c1ccc(C2N3CC4(C)CN2CC(C)(C3)C4=O)cc1. The van der Waals surface area contributed by atoms with Crippen LogP contribution >= 0.6 is 0 Å². The summed E-state index contributed by atoms with van der Waals surface area (Å²) < 4.78 is 0. The minimum absolute atomic E-state index is 0.175. The van der Waals surface area contributed by atoms with E-state index in [0.717, 1.165) is 26.2 Å². The highest BCUT2D eigenvalue weighted by molar-refractivity contribution is 5.92. The van der Waals surface area contributed by atoms with Gasteiger partial charge in [0.2, 0.25) is 0 Å². The lowest BCUT2D eigenvalue weighted by Crippen LogP contribution is -2.75. The van der Waals surface area contributed by atoms with Crippen molar-refractivity contribution in [3.05, 3.63) is 29.8 Å². The molecule has 4 aliphatic heterocycles. The van der Waals surface area contributed by atoms with E-state index in [1.54, 1.807) is 0 Å². The lowest BCUT2D eigenvalue weighted by molar-refractivity contribution is -0.197. The number of ketones is 1. The molecule has 4 heteroatoms. The largest absolute Gasteiger partial charge is 0.378 e. The number of nitrogens with zero attached hydrogens (tertiary/aromatic N) is 3. The number of Topliss-reactive ketones (excluding diaryl/α,β-unsaturated/α-hetero) is 1. The van der Waals surface area contributed by atoms with Gasteiger partial charge in [0.05, 0.1) is 17.0 Å². The average Bonchev–Trinajstić information content (AvgIpc) is 2.44. The standard InChI is InChI=1S/C18H25N3O/c1-17-9-20-11-18(2,16(17)22)12-21(10-17)15(20)13-5-7-14(8-6-13)19(3)4/h5-8,15H,9-12H2,1-4H3. The fourth-order valence-corrected chi connectivity index (χ4v) is 4.96. The van der Waals surface area contributed by atoms with Crippen molar-refractivity contribution in [1.29, 1.82) is 0 Å². The molecule has 4 fully saturated rings. The minimum atomic E-state index is -0.175. The van der Waals surface area contributed by atoms with Crippen LogP contribution in [0.15, 0.2) is 24.3 Å². The summed E-state index contributed by atoms with van der Waals surface area (Å²) in [5.41, 5.74) is 2.23. The Morgan fingerprint density at radius 2 is 1.41 bits per heavy atom. The van der Waals surface area contributed by atoms with Gasteiger partial charge in [-0.3, -0.25) is 14.6 Å². The second-order valence-electron chi connectivity index (χ2n) is 8.12. The van der Waals surface area contributed by atoms with Crippen molar-refractivity contribution < 1.29 is 4.79 Å². The molecule has 0 atom stereocenters. The molecule has 4 aliphatic rings. The Labute approximate surface area is 132 Å². The van der Waals surface area contributed by atoms with Gasteiger partial charge in [-0.25, -0.2) is 0 Å². The van der Waals surface area contributed by atoms with Crippen LogP contribution in [0.3, 0.4) is 0 Å². The topological polar surface area (TPSA) is 26.8 Å². The number of carbonyl (C=O) groups is 1. The van der Waals surface area contributed by atoms with Crippen molar-refractivity contribution >= 4 is 11.5 Å². The van der Waals surface area contributed by atoms with Crippen molar-refractivity contribution in [3.63, 3.8) is 0 Å². The zero-order valence-corrected chi connectivity index (χ0v) is 14.0. The maximum absolute atomic E-state index is 12.7. The van der Waals surface area contributed by atoms with Crippen molar-refractivity contribution in [1.82, 2.24) is 9.80 Å². The van der Waals surface area contributed by atoms with E-state index in [9.17, 15) is 4.79 Å². The van der Waals surface area contributed by atoms with Crippen LogP contribution in [0, 0.1) is 10.8 Å². The number of rotatable bonds is 2. The summed E-state index contributed by atoms with van der Waals surface area (Å²) in [5, 5.41) is 0. The molecule has 0 unspecified atom stereocenters. The molecule has 5 rings (SSSR count). The van der Waals surface area contributed by atoms with Crippen molar-refractivity contribution in [2.45, 2.75) is 20.0 Å². The Hall–Kier alpha value is -1.39. The third kappa shape index (κ3) is 1.80. The van der Waals surface area contributed by atoms with Crippen LogP contribution in [0.25, 0.3) is 0 Å². The van der Waals surface area contributed by atoms with Crippen LogP contribution in [0.2, 0.25) is 0 Å². The third-order valence-electron chi connectivity index (χ3n) is 5.70. The Kier molecular flexibility index (Phi) is 2.80. The van der Waals surface area contributed by atoms with Gasteiger partial charge in [-0.1, -0.05) is 26.0 Å². The monoisotopic (exact) mass is 299 g/mol. The smallest absolute Gasteiger partial charge is 0.149 e. The van der Waals surface area contributed by atoms with Crippen LogP contribution in [-0.2, 0) is 4.79 Å². The molecule has 1 aromatic rings. The highest BCUT2D eigenvalue weighted by atomic mass is 16.1. The molecule has 4 saturated heterocycles. The van der Waals surface area contributed by atoms with Gasteiger partial charge in [0.15, 0.2) is 0 Å². The van der Waals surface area contributed by atoms with E-state index in [1.165, 1.54) is 11.3 Å². The highest BCUT2D eigenvalue weighted by Crippen LogP contribution is 2.51. The van der Waals surface area contributed by atoms with Crippen molar-refractivity contribution in [2.24, 2.45) is 10.8 Å². The number of carbonyl (C=O) groups excluding carboxylic acids is 1. The van der Waals surface area contributed by atoms with Gasteiger partial charge in [0.1, 0.15) is 5.78 Å². The highest BCUT2D eigenvalue weighted by Gasteiger charge is 2.61. The van der Waals surface area contributed by atoms with Crippen LogP contribution < -0.4 is 4.90 Å². The molecule has 22 heavy (non-hydrogen) atoms. The summed E-state index contributed by atoms with van der Waals surface area (Å²) in [4.78, 5) is 19.9. The van der Waals surface area contributed by atoms with Crippen LogP contribution in [0.4, 0.5) is 5.69 Å². The number of hydrogen-bond acceptors (Lipinski definition) is 4. The molecule has 0 amide bonds. The fraction of sp³-hybridized carbons (Fsp3) is 0.611. The zero-order valence-electron chi connectivity index (χ0n) is 14.0. The Balaban J connectivity index is 1.67. The third-order valence-corrected chi connectivity index (χ3v) is 5.70. The van der Waals surface area contributed by atoms with E-state index >= 15 is 0 Å². The predicted molar refractivity (Wildman–Crippen MR) is 87.9 cm³/mol. The first-order chi connectivity index (χ1) is 10.3. The second-order valence-corrected chi connectivity index (χ2v) is 8.12. The molecule has 4 heterocycles. The molecule has 0 spiro atoms. The fourth-order valence-electron chi connectivity index (χ4n) is 4.96. The first-order valence-electron chi connectivity index (χ1n) is 8.13. The summed E-state index contributed by atoms with van der Waals surface area (Å²) >= 11 is 0. The first kappa shape index (κ1) is 14.2. The second kappa shape index (κ2) is 4.33. The van der Waals surface area contributed by atoms with Gasteiger partial charge >= 0.3 is 0 Å². The molecule has 1 aromatic carbocycles. The number of hydrogen-bond donors (Lipinski definition) is 0. The van der Waals surface area contributed by atoms with Gasteiger partial charge in [0, 0.05) is 46.0 Å². The summed E-state index contributed by atoms with van der Waals surface area (Å²) in [7, 11) is 4.14. The molecule has 4 nitrogen and oxygen atoms in total. The number of piperidine rings is 2. The van der Waals surface area contributed by atoms with E-state index in [-0.39, 0.29) is 10.8 Å². The quantitative estimate of drug-likeness (QED) is 0.834. The predicted octanol–water partition coefficient (Wildman–Crippen LogP) is 1.98. The zero-order chi connectivity index (χ0) is 15.7. The lowest BCUT2D eigenvalue weighted by Gasteiger charge is -2.64. The number of anilines is 1. The van der Waals surface area contributed by atoms with Crippen molar-refractivity contribution in [2.75, 3.05) is 45.2 Å². The Morgan fingerprint density at radius 1 is 0.955 bits per heavy atom. The Morgan fingerprint density at radius 3 is 1.82 bits per heavy atom. The van der Waals surface area contributed by atoms with E-state index in [0.29, 0.717) is 11.9 Å². The summed E-state index contributed by atoms with van der Waals surface area (Å²) in [6, 6.07) is 8.87. The molecule has 0 N–H and O–H groups in total. The maximum atomic E-state index is 12.7. The van der Waals surface area contributed by atoms with Gasteiger partial charge < -0.3 is 4.90 Å². The van der Waals surface area contributed by atoms with Gasteiger partial charge in [0.25, 0.3) is 0 Å². The van der Waals surface area contributed by atoms with Crippen LogP contribution in [-0.4, -0.2) is 55.9 Å². The molecule has 4 bridgehead atoms. The summed E-state index contributed by atoms with van der Waals surface area (Å²) in [5.74, 6) is 0.480. The molecular formula is C18H25N3O. The van der Waals surface area contributed by atoms with E-state index in [2.05, 4.69) is 66.9 Å². The molecule has 0 aromatic heterocycles. The normalized spacial score (nSPS) is 42.7. The maximum Gasteiger partial charge on any atom is 0.149 e.